The summed E-state index contributed by atoms with van der Waals surface area (Å²) in [7, 11) is -0.625. The van der Waals surface area contributed by atoms with Gasteiger partial charge in [-0.2, -0.15) is 0 Å². The van der Waals surface area contributed by atoms with Crippen molar-refractivity contribution in [1.82, 2.24) is 0 Å². The highest BCUT2D eigenvalue weighted by atomic mass is 16.5. The molecule has 0 heterocycles. The summed E-state index contributed by atoms with van der Waals surface area (Å²) < 4.78 is 4.81. The molecule has 0 bridgehead atoms. The Kier molecular flexibility index (Phi) is 3.04. The predicted octanol–water partition coefficient (Wildman–Crippen LogP) is 0.522. The summed E-state index contributed by atoms with van der Waals surface area (Å²) in [6, 6.07) is 0. The lowest BCUT2D eigenvalue weighted by Gasteiger charge is -2.05. The maximum atomic E-state index is 8.50. The van der Waals surface area contributed by atoms with E-state index < -0.39 is 7.12 Å². The first-order valence-electron chi connectivity index (χ1n) is 2.46. The van der Waals surface area contributed by atoms with Crippen molar-refractivity contribution >= 4 is 7.12 Å². The minimum absolute atomic E-state index is 0.125. The Morgan fingerprint density at radius 2 is 2.00 bits per heavy atom. The first kappa shape index (κ1) is 6.98. The zero-order valence-electron chi connectivity index (χ0n) is 5.01. The fourth-order valence-electron chi connectivity index (χ4n) is 0.394. The SMILES string of the molecule is CB(O)OC(C)C. The minimum Gasteiger partial charge on any atom is -0.427 e. The Morgan fingerprint density at radius 1 is 1.57 bits per heavy atom. The quantitative estimate of drug-likeness (QED) is 0.515. The van der Waals surface area contributed by atoms with Gasteiger partial charge in [0.2, 0.25) is 0 Å². The van der Waals surface area contributed by atoms with Crippen LogP contribution in [0.4, 0.5) is 0 Å². The Bertz CT molecular complexity index is 39.0. The van der Waals surface area contributed by atoms with Gasteiger partial charge >= 0.3 is 7.12 Å². The average Bonchev–Trinajstić information content (AvgIpc) is 1.27. The van der Waals surface area contributed by atoms with Crippen molar-refractivity contribution in [3.8, 4) is 0 Å². The van der Waals surface area contributed by atoms with Crippen molar-refractivity contribution in [2.75, 3.05) is 0 Å². The Morgan fingerprint density at radius 3 is 2.00 bits per heavy atom. The number of hydrogen-bond acceptors (Lipinski definition) is 2. The van der Waals surface area contributed by atoms with Gasteiger partial charge in [0, 0.05) is 6.10 Å². The van der Waals surface area contributed by atoms with Crippen LogP contribution in [0.15, 0.2) is 0 Å². The van der Waals surface area contributed by atoms with E-state index in [1.165, 1.54) is 0 Å². The summed E-state index contributed by atoms with van der Waals surface area (Å²) in [5.74, 6) is 0. The molecule has 0 rings (SSSR count). The molecule has 0 saturated heterocycles. The standard InChI is InChI=1S/C4H11BO2/c1-4(2)7-5(3)6/h4,6H,1-3H3. The largest absolute Gasteiger partial charge is 0.450 e. The topological polar surface area (TPSA) is 29.5 Å². The number of hydrogen-bond donors (Lipinski definition) is 1. The highest BCUT2D eigenvalue weighted by Crippen LogP contribution is 1.87. The molecule has 0 amide bonds. The zero-order chi connectivity index (χ0) is 5.86. The Labute approximate surface area is 44.6 Å². The van der Waals surface area contributed by atoms with Crippen molar-refractivity contribution in [2.24, 2.45) is 0 Å². The van der Waals surface area contributed by atoms with Gasteiger partial charge in [-0.15, -0.1) is 0 Å². The van der Waals surface area contributed by atoms with Crippen LogP contribution in [0.25, 0.3) is 0 Å². The van der Waals surface area contributed by atoms with Crippen LogP contribution in [0, 0.1) is 0 Å². The lowest BCUT2D eigenvalue weighted by molar-refractivity contribution is 0.202. The fraction of sp³-hybridized carbons (Fsp3) is 1.00. The van der Waals surface area contributed by atoms with Crippen LogP contribution in [0.1, 0.15) is 13.8 Å². The van der Waals surface area contributed by atoms with E-state index in [1.54, 1.807) is 6.82 Å². The summed E-state index contributed by atoms with van der Waals surface area (Å²) in [5.41, 5.74) is 0. The van der Waals surface area contributed by atoms with Gasteiger partial charge in [0.05, 0.1) is 0 Å². The van der Waals surface area contributed by atoms with Gasteiger partial charge in [-0.3, -0.25) is 0 Å². The van der Waals surface area contributed by atoms with Gasteiger partial charge in [-0.25, -0.2) is 0 Å². The van der Waals surface area contributed by atoms with E-state index in [0.29, 0.717) is 0 Å². The molecule has 0 aromatic rings. The van der Waals surface area contributed by atoms with E-state index in [2.05, 4.69) is 0 Å². The van der Waals surface area contributed by atoms with Crippen molar-refractivity contribution in [3.63, 3.8) is 0 Å². The molecule has 3 heteroatoms. The normalized spacial score (nSPS) is 9.86. The summed E-state index contributed by atoms with van der Waals surface area (Å²) in [4.78, 5) is 0. The third-order valence-corrected chi connectivity index (χ3v) is 0.469. The van der Waals surface area contributed by atoms with Crippen molar-refractivity contribution in [1.29, 1.82) is 0 Å². The van der Waals surface area contributed by atoms with Crippen LogP contribution in [0.5, 0.6) is 0 Å². The summed E-state index contributed by atoms with van der Waals surface area (Å²) in [6.07, 6.45) is 0.125. The maximum Gasteiger partial charge on any atom is 0.450 e. The van der Waals surface area contributed by atoms with Crippen molar-refractivity contribution in [3.05, 3.63) is 0 Å². The van der Waals surface area contributed by atoms with Crippen LogP contribution in [-0.4, -0.2) is 18.2 Å². The monoisotopic (exact) mass is 102 g/mol. The second-order valence-corrected chi connectivity index (χ2v) is 1.78. The molecule has 0 aliphatic heterocycles. The third-order valence-electron chi connectivity index (χ3n) is 0.469. The van der Waals surface area contributed by atoms with E-state index in [4.69, 9.17) is 9.68 Å². The van der Waals surface area contributed by atoms with Crippen LogP contribution >= 0.6 is 0 Å². The van der Waals surface area contributed by atoms with Crippen molar-refractivity contribution in [2.45, 2.75) is 26.8 Å². The number of rotatable bonds is 2. The fourth-order valence-corrected chi connectivity index (χ4v) is 0.394. The second kappa shape index (κ2) is 3.05. The second-order valence-electron chi connectivity index (χ2n) is 1.78. The summed E-state index contributed by atoms with van der Waals surface area (Å²) in [6.45, 7) is 5.36. The van der Waals surface area contributed by atoms with Crippen LogP contribution in [0.3, 0.4) is 0 Å². The Balaban J connectivity index is 2.95. The first-order chi connectivity index (χ1) is 3.13. The molecule has 2 nitrogen and oxygen atoms in total. The molecule has 42 valence electrons. The van der Waals surface area contributed by atoms with Gasteiger partial charge in [0.15, 0.2) is 0 Å². The molecule has 0 atom stereocenters. The molecule has 0 aliphatic carbocycles. The van der Waals surface area contributed by atoms with E-state index in [-0.39, 0.29) is 6.10 Å². The molecule has 0 aliphatic rings. The molecule has 0 saturated carbocycles. The molecule has 0 spiro atoms. The average molecular weight is 102 g/mol. The molecule has 1 N–H and O–H groups in total. The van der Waals surface area contributed by atoms with Crippen LogP contribution in [-0.2, 0) is 4.65 Å². The molecule has 7 heavy (non-hydrogen) atoms. The molecule has 0 aromatic carbocycles. The van der Waals surface area contributed by atoms with Crippen LogP contribution in [0.2, 0.25) is 6.82 Å². The highest BCUT2D eigenvalue weighted by molar-refractivity contribution is 6.40. The van der Waals surface area contributed by atoms with E-state index in [9.17, 15) is 0 Å². The third kappa shape index (κ3) is 5.98. The first-order valence-corrected chi connectivity index (χ1v) is 2.46. The van der Waals surface area contributed by atoms with Gasteiger partial charge < -0.3 is 9.68 Å². The molecular weight excluding hydrogens is 90.9 g/mol. The Hall–Kier alpha value is -0.0151. The smallest absolute Gasteiger partial charge is 0.427 e. The van der Waals surface area contributed by atoms with E-state index in [1.807, 2.05) is 13.8 Å². The minimum atomic E-state index is -0.625. The van der Waals surface area contributed by atoms with Gasteiger partial charge in [0.1, 0.15) is 0 Å². The lowest BCUT2D eigenvalue weighted by atomic mass is 9.96. The predicted molar refractivity (Wildman–Crippen MR) is 30.1 cm³/mol. The molecule has 0 aromatic heterocycles. The van der Waals surface area contributed by atoms with Gasteiger partial charge in [-0.1, -0.05) is 0 Å². The van der Waals surface area contributed by atoms with E-state index in [0.717, 1.165) is 0 Å². The lowest BCUT2D eigenvalue weighted by Crippen LogP contribution is -2.17. The van der Waals surface area contributed by atoms with Gasteiger partial charge in [0.25, 0.3) is 0 Å². The van der Waals surface area contributed by atoms with Crippen LogP contribution < -0.4 is 0 Å². The molecule has 0 unspecified atom stereocenters. The van der Waals surface area contributed by atoms with E-state index >= 15 is 0 Å². The van der Waals surface area contributed by atoms with Gasteiger partial charge in [-0.05, 0) is 20.7 Å². The summed E-state index contributed by atoms with van der Waals surface area (Å²) >= 11 is 0. The zero-order valence-corrected chi connectivity index (χ0v) is 5.01. The molecule has 0 fully saturated rings. The summed E-state index contributed by atoms with van der Waals surface area (Å²) in [5, 5.41) is 8.50. The van der Waals surface area contributed by atoms with Crippen molar-refractivity contribution < 1.29 is 9.68 Å². The maximum absolute atomic E-state index is 8.50. The molecule has 0 radical (unpaired) electrons. The highest BCUT2D eigenvalue weighted by Gasteiger charge is 2.03. The molecular formula is C4H11BO2.